The largest absolute Gasteiger partial charge is 0.459 e. The number of amides is 1. The maximum absolute atomic E-state index is 14.0. The Labute approximate surface area is 379 Å². The molecule has 1 fully saturated rings. The molecule has 1 heterocycles. The summed E-state index contributed by atoms with van der Waals surface area (Å²) in [4.78, 5) is 32.6. The van der Waals surface area contributed by atoms with Crippen LogP contribution in [0.25, 0.3) is 10.8 Å². The molecule has 0 saturated heterocycles. The number of oxime groups is 1. The SMILES string of the molecule is C=CCO[C@@]12Oc3ccc(Oc4ccc5ccccc5c4)cc3[C@H]3[C@H](CCCCO)[C@@H](CCCCO)C=C(C(=NOCc4ccc([N+](=O)[O-])cc4)C[C@@H]1N(CCOCCO)C(=O)OC)[C@H]32. The third-order valence-electron chi connectivity index (χ3n) is 12.7. The first kappa shape index (κ1) is 47.1. The number of unbranched alkanes of at least 4 members (excludes halogenated alkanes) is 2. The summed E-state index contributed by atoms with van der Waals surface area (Å²) < 4.78 is 32.0. The molecule has 3 N–H and O–H groups in total. The van der Waals surface area contributed by atoms with Crippen molar-refractivity contribution in [2.75, 3.05) is 53.3 Å². The van der Waals surface area contributed by atoms with E-state index in [9.17, 15) is 30.2 Å². The molecule has 4 aromatic rings. The van der Waals surface area contributed by atoms with Crippen LogP contribution < -0.4 is 9.47 Å². The zero-order valence-electron chi connectivity index (χ0n) is 36.8. The summed E-state index contributed by atoms with van der Waals surface area (Å²) in [6.45, 7) is 4.19. The van der Waals surface area contributed by atoms with Crippen LogP contribution in [0, 0.1) is 27.9 Å². The van der Waals surface area contributed by atoms with Crippen LogP contribution in [0.4, 0.5) is 10.5 Å². The highest BCUT2D eigenvalue weighted by molar-refractivity contribution is 6.03. The number of carbonyl (C=O) groups is 1. The van der Waals surface area contributed by atoms with Crippen LogP contribution in [-0.2, 0) is 25.7 Å². The highest BCUT2D eigenvalue weighted by atomic mass is 16.7. The molecular formula is C50H59N3O12. The van der Waals surface area contributed by atoms with Gasteiger partial charge in [-0.1, -0.05) is 60.5 Å². The van der Waals surface area contributed by atoms with E-state index < -0.39 is 28.8 Å². The van der Waals surface area contributed by atoms with Gasteiger partial charge >= 0.3 is 6.09 Å². The monoisotopic (exact) mass is 893 g/mol. The number of hydrogen-bond donors (Lipinski definition) is 3. The molecule has 0 spiro atoms. The van der Waals surface area contributed by atoms with Crippen molar-refractivity contribution in [2.24, 2.45) is 22.9 Å². The number of nitrogens with zero attached hydrogens (tertiary/aromatic N) is 3. The average molecular weight is 894 g/mol. The van der Waals surface area contributed by atoms with Gasteiger partial charge in [0.2, 0.25) is 5.79 Å². The maximum Gasteiger partial charge on any atom is 0.410 e. The standard InChI is InChI=1S/C50H59N3O12/c1-3-26-62-50-46(52(49(57)60-2)22-27-61-28-25-56)32-44(51-63-33-34-14-17-38(18-15-34)53(58)59)42-30-37(12-6-8-23-54)41(13-7-9-24-55)47(48(42)50)43-31-40(20-21-45(43)65-50)64-39-19-16-35-10-4-5-11-36(35)29-39/h3-5,10-11,14-21,29-31,37,41,46-48,54-56H,1,6-9,12-13,22-28,32-33H2,2H3/t37-,41+,46-,47+,48+,50+/m0/s1. The van der Waals surface area contributed by atoms with Crippen LogP contribution in [0.2, 0.25) is 0 Å². The minimum absolute atomic E-state index is 0.00961. The van der Waals surface area contributed by atoms with Crippen LogP contribution in [0.3, 0.4) is 0 Å². The minimum Gasteiger partial charge on any atom is -0.459 e. The van der Waals surface area contributed by atoms with Crippen molar-refractivity contribution in [1.82, 2.24) is 4.90 Å². The molecule has 7 rings (SSSR count). The van der Waals surface area contributed by atoms with Crippen LogP contribution in [0.5, 0.6) is 17.2 Å². The summed E-state index contributed by atoms with van der Waals surface area (Å²) in [7, 11) is 1.31. The Balaban J connectivity index is 1.40. The number of non-ortho nitro benzene ring substituents is 1. The molecule has 2 aliphatic carbocycles. The predicted molar refractivity (Wildman–Crippen MR) is 244 cm³/mol. The quantitative estimate of drug-likeness (QED) is 0.0279. The van der Waals surface area contributed by atoms with Gasteiger partial charge in [0.1, 0.15) is 29.9 Å². The Morgan fingerprint density at radius 1 is 0.938 bits per heavy atom. The van der Waals surface area contributed by atoms with Crippen molar-refractivity contribution in [3.63, 3.8) is 0 Å². The number of fused-ring (bicyclic) bond motifs is 3. The average Bonchev–Trinajstić information content (AvgIpc) is 3.32. The lowest BCUT2D eigenvalue weighted by Gasteiger charge is -2.59. The summed E-state index contributed by atoms with van der Waals surface area (Å²) in [5.41, 5.74) is 2.91. The fourth-order valence-electron chi connectivity index (χ4n) is 9.80. The van der Waals surface area contributed by atoms with E-state index in [0.717, 1.165) is 47.6 Å². The molecule has 3 aliphatic rings. The number of rotatable bonds is 23. The van der Waals surface area contributed by atoms with Crippen molar-refractivity contribution in [2.45, 2.75) is 69.3 Å². The number of methoxy groups -OCH3 is 1. The number of carbonyl (C=O) groups excluding carboxylic acids is 1. The van der Waals surface area contributed by atoms with Gasteiger partial charge in [-0.3, -0.25) is 15.0 Å². The van der Waals surface area contributed by atoms with Crippen molar-refractivity contribution in [3.8, 4) is 17.2 Å². The highest BCUT2D eigenvalue weighted by Crippen LogP contribution is 2.62. The molecule has 15 heteroatoms. The summed E-state index contributed by atoms with van der Waals surface area (Å²) in [5.74, 6) is -0.640. The number of hydrogen-bond acceptors (Lipinski definition) is 13. The zero-order valence-corrected chi connectivity index (χ0v) is 36.8. The summed E-state index contributed by atoms with van der Waals surface area (Å²) in [6.07, 6.45) is 7.60. The molecular weight excluding hydrogens is 835 g/mol. The van der Waals surface area contributed by atoms with Gasteiger partial charge in [-0.2, -0.15) is 0 Å². The second kappa shape index (κ2) is 22.4. The van der Waals surface area contributed by atoms with E-state index in [0.29, 0.717) is 41.4 Å². The predicted octanol–water partition coefficient (Wildman–Crippen LogP) is 8.45. The summed E-state index contributed by atoms with van der Waals surface area (Å²) in [6, 6.07) is 25.1. The molecule has 4 aromatic carbocycles. The lowest BCUT2D eigenvalue weighted by atomic mass is 9.55. The number of allylic oxidation sites excluding steroid dienone is 1. The van der Waals surface area contributed by atoms with E-state index in [4.69, 9.17) is 33.7 Å². The summed E-state index contributed by atoms with van der Waals surface area (Å²) in [5, 5.41) is 47.7. The number of ether oxygens (including phenoxy) is 5. The van der Waals surface area contributed by atoms with Crippen LogP contribution >= 0.6 is 0 Å². The smallest absolute Gasteiger partial charge is 0.410 e. The maximum atomic E-state index is 14.0. The van der Waals surface area contributed by atoms with Crippen molar-refractivity contribution in [1.29, 1.82) is 0 Å². The Morgan fingerprint density at radius 3 is 2.40 bits per heavy atom. The second-order valence-corrected chi connectivity index (χ2v) is 16.6. The molecule has 1 saturated carbocycles. The lowest BCUT2D eigenvalue weighted by Crippen LogP contribution is -2.70. The van der Waals surface area contributed by atoms with Gasteiger partial charge in [-0.15, -0.1) is 6.58 Å². The highest BCUT2D eigenvalue weighted by Gasteiger charge is 2.65. The van der Waals surface area contributed by atoms with Crippen LogP contribution in [-0.4, -0.2) is 102 Å². The van der Waals surface area contributed by atoms with Gasteiger partial charge in [0, 0.05) is 49.8 Å². The van der Waals surface area contributed by atoms with E-state index in [2.05, 4.69) is 18.7 Å². The van der Waals surface area contributed by atoms with E-state index in [-0.39, 0.29) is 82.7 Å². The van der Waals surface area contributed by atoms with Gasteiger partial charge in [0.15, 0.2) is 0 Å². The number of benzene rings is 4. The number of aliphatic hydroxyl groups excluding tert-OH is 3. The second-order valence-electron chi connectivity index (χ2n) is 16.6. The van der Waals surface area contributed by atoms with Gasteiger partial charge in [0.25, 0.3) is 5.69 Å². The molecule has 0 unspecified atom stereocenters. The van der Waals surface area contributed by atoms with Crippen LogP contribution in [0.15, 0.2) is 114 Å². The fourth-order valence-corrected chi connectivity index (χ4v) is 9.80. The third-order valence-corrected chi connectivity index (χ3v) is 12.7. The van der Waals surface area contributed by atoms with E-state index in [1.54, 1.807) is 18.2 Å². The molecule has 346 valence electrons. The Morgan fingerprint density at radius 2 is 1.68 bits per heavy atom. The number of aliphatic hydroxyl groups is 3. The van der Waals surface area contributed by atoms with Gasteiger partial charge < -0.3 is 43.8 Å². The molecule has 15 nitrogen and oxygen atoms in total. The Bertz CT molecular complexity index is 2320. The lowest BCUT2D eigenvalue weighted by molar-refractivity contribution is -0.384. The topological polar surface area (TPSA) is 192 Å². The van der Waals surface area contributed by atoms with Crippen molar-refractivity contribution >= 4 is 28.3 Å². The molecule has 1 amide bonds. The normalized spacial score (nSPS) is 22.6. The van der Waals surface area contributed by atoms with Crippen molar-refractivity contribution < 1.29 is 53.6 Å². The van der Waals surface area contributed by atoms with E-state index in [1.807, 2.05) is 54.6 Å². The van der Waals surface area contributed by atoms with Gasteiger partial charge in [-0.05, 0) is 102 Å². The molecule has 65 heavy (non-hydrogen) atoms. The first-order valence-corrected chi connectivity index (χ1v) is 22.4. The first-order chi connectivity index (χ1) is 31.7. The number of nitro benzene ring substituents is 1. The Kier molecular flexibility index (Phi) is 16.2. The molecule has 0 bridgehead atoms. The molecule has 6 atom stereocenters. The van der Waals surface area contributed by atoms with Gasteiger partial charge in [0.05, 0.1) is 50.1 Å². The first-order valence-electron chi connectivity index (χ1n) is 22.4. The summed E-state index contributed by atoms with van der Waals surface area (Å²) >= 11 is 0. The van der Waals surface area contributed by atoms with E-state index >= 15 is 0 Å². The van der Waals surface area contributed by atoms with E-state index in [1.165, 1.54) is 24.1 Å². The number of nitro groups is 1. The fraction of sp³-hybridized carbons (Fsp3) is 0.440. The van der Waals surface area contributed by atoms with Crippen molar-refractivity contribution in [3.05, 3.63) is 130 Å². The minimum atomic E-state index is -1.54. The third kappa shape index (κ3) is 10.7. The molecule has 1 aliphatic heterocycles. The molecule has 0 radical (unpaired) electrons. The Hall–Kier alpha value is -5.84. The van der Waals surface area contributed by atoms with Gasteiger partial charge in [-0.25, -0.2) is 4.79 Å². The van der Waals surface area contributed by atoms with Crippen LogP contribution in [0.1, 0.15) is 62.0 Å². The molecule has 0 aromatic heterocycles. The zero-order chi connectivity index (χ0) is 45.8.